The van der Waals surface area contributed by atoms with Gasteiger partial charge in [0.1, 0.15) is 23.6 Å². The average Bonchev–Trinajstić information content (AvgIpc) is 3.60. The van der Waals surface area contributed by atoms with Crippen LogP contribution in [0.4, 0.5) is 4.39 Å². The molecule has 0 saturated carbocycles. The Hall–Kier alpha value is -4.63. The van der Waals surface area contributed by atoms with Crippen molar-refractivity contribution in [3.63, 3.8) is 0 Å². The van der Waals surface area contributed by atoms with Crippen LogP contribution in [0.15, 0.2) is 30.4 Å². The first-order valence-corrected chi connectivity index (χ1v) is 14.2. The number of hydrogen-bond donors (Lipinski definition) is 2. The minimum absolute atomic E-state index is 0.0784. The van der Waals surface area contributed by atoms with Crippen LogP contribution in [0.25, 0.3) is 20.4 Å². The van der Waals surface area contributed by atoms with Crippen LogP contribution in [0.2, 0.25) is 0 Å². The van der Waals surface area contributed by atoms with Gasteiger partial charge >= 0.3 is 11.9 Å². The van der Waals surface area contributed by atoms with Crippen molar-refractivity contribution < 1.29 is 52.7 Å². The highest BCUT2D eigenvalue weighted by molar-refractivity contribution is 7.21. The maximum Gasteiger partial charge on any atom is 0.303 e. The third-order valence-electron chi connectivity index (χ3n) is 5.91. The molecule has 4 aromatic rings. The van der Waals surface area contributed by atoms with Crippen LogP contribution in [0.5, 0.6) is 23.1 Å². The highest BCUT2D eigenvalue weighted by Crippen LogP contribution is 2.40. The normalized spacial score (nSPS) is 11.0. The second-order valence-electron chi connectivity index (χ2n) is 9.04. The number of carboxylic acids is 2. The number of carbonyl (C=O) groups is 4. The molecule has 0 fully saturated rings. The van der Waals surface area contributed by atoms with Crippen LogP contribution < -0.4 is 18.9 Å². The number of aliphatic carboxylic acids is 2. The number of Topliss-reactive ketones (excluding diaryl/α,β-unsaturated/α-hetero) is 2. The van der Waals surface area contributed by atoms with Crippen molar-refractivity contribution in [2.24, 2.45) is 0 Å². The van der Waals surface area contributed by atoms with Gasteiger partial charge in [-0.15, -0.1) is 11.3 Å². The van der Waals surface area contributed by atoms with Crippen molar-refractivity contribution >= 4 is 66.6 Å². The topological polar surface area (TPSA) is 171 Å². The molecule has 0 saturated heterocycles. The van der Waals surface area contributed by atoms with E-state index in [0.29, 0.717) is 20.6 Å². The molecule has 0 aliphatic carbocycles. The molecule has 0 bridgehead atoms. The van der Waals surface area contributed by atoms with E-state index in [-0.39, 0.29) is 77.3 Å². The van der Waals surface area contributed by atoms with E-state index in [1.54, 1.807) is 0 Å². The predicted octanol–water partition coefficient (Wildman–Crippen LogP) is 5.17. The number of carbonyl (C=O) groups excluding carboxylic acids is 2. The SMILES string of the molecule is C=C(COc1cc2nc(C(=O)CCC(=O)O)sc2nc1OC)COc1c(OC)cc2sc(C(=O)CCC(=O)O)cc2c1F. The molecule has 0 amide bonds. The first-order valence-electron chi connectivity index (χ1n) is 12.6. The van der Waals surface area contributed by atoms with Crippen LogP contribution in [0.3, 0.4) is 0 Å². The number of pyridine rings is 1. The summed E-state index contributed by atoms with van der Waals surface area (Å²) in [7, 11) is 2.73. The number of halogens is 1. The summed E-state index contributed by atoms with van der Waals surface area (Å²) in [5.74, 6) is -3.52. The number of nitrogens with zero attached hydrogens (tertiary/aromatic N) is 2. The highest BCUT2D eigenvalue weighted by atomic mass is 32.1. The van der Waals surface area contributed by atoms with Crippen LogP contribution in [-0.2, 0) is 9.59 Å². The van der Waals surface area contributed by atoms with Gasteiger partial charge in [-0.2, -0.15) is 4.98 Å². The summed E-state index contributed by atoms with van der Waals surface area (Å²) in [5.41, 5.74) is 0.763. The molecule has 43 heavy (non-hydrogen) atoms. The molecule has 0 aliphatic rings. The number of fused-ring (bicyclic) bond motifs is 2. The maximum absolute atomic E-state index is 15.5. The predicted molar refractivity (Wildman–Crippen MR) is 155 cm³/mol. The molecule has 1 aromatic carbocycles. The molecule has 0 unspecified atom stereocenters. The first-order chi connectivity index (χ1) is 20.5. The monoisotopic (exact) mass is 632 g/mol. The standard InChI is InChI=1S/C28H25FN2O10S2/c1-13(11-40-19-9-15-27(31-26(19)39-3)43-28(30-15)17(33)5-7-23(36)37)12-41-25-18(38-2)10-20-14(24(25)29)8-21(42-20)16(32)4-6-22(34)35/h8-10H,1,4-7,11-12H2,2-3H3,(H,34,35)(H,36,37). The molecule has 12 nitrogen and oxygen atoms in total. The van der Waals surface area contributed by atoms with Crippen molar-refractivity contribution in [3.8, 4) is 23.1 Å². The molecule has 3 heterocycles. The second-order valence-corrected chi connectivity index (χ2v) is 11.1. The maximum atomic E-state index is 15.5. The molecule has 4 rings (SSSR count). The van der Waals surface area contributed by atoms with Gasteiger partial charge in [-0.05, 0) is 11.6 Å². The Bertz CT molecular complexity index is 1750. The second kappa shape index (κ2) is 13.6. The Balaban J connectivity index is 1.44. The largest absolute Gasteiger partial charge is 0.493 e. The van der Waals surface area contributed by atoms with E-state index in [0.717, 1.165) is 22.7 Å². The Kier molecular flexibility index (Phi) is 9.88. The number of benzene rings is 1. The Morgan fingerprint density at radius 2 is 1.53 bits per heavy atom. The Morgan fingerprint density at radius 3 is 2.19 bits per heavy atom. The number of thiophene rings is 1. The molecule has 2 N–H and O–H groups in total. The van der Waals surface area contributed by atoms with Crippen LogP contribution >= 0.6 is 22.7 Å². The minimum atomic E-state index is -1.10. The lowest BCUT2D eigenvalue weighted by Gasteiger charge is -2.14. The molecular weight excluding hydrogens is 607 g/mol. The fraction of sp³-hybridized carbons (Fsp3) is 0.286. The zero-order chi connectivity index (χ0) is 31.3. The van der Waals surface area contributed by atoms with Crippen LogP contribution in [-0.4, -0.2) is 71.1 Å². The summed E-state index contributed by atoms with van der Waals surface area (Å²) < 4.78 is 38.0. The smallest absolute Gasteiger partial charge is 0.303 e. The number of methoxy groups -OCH3 is 2. The van der Waals surface area contributed by atoms with E-state index < -0.39 is 29.3 Å². The van der Waals surface area contributed by atoms with E-state index >= 15 is 4.39 Å². The fourth-order valence-electron chi connectivity index (χ4n) is 3.79. The number of hydrogen-bond acceptors (Lipinski definition) is 12. The van der Waals surface area contributed by atoms with Crippen LogP contribution in [0.1, 0.15) is 45.2 Å². The zero-order valence-corrected chi connectivity index (χ0v) is 24.6. The summed E-state index contributed by atoms with van der Waals surface area (Å²) in [4.78, 5) is 55.4. The Labute approximate surface area is 251 Å². The van der Waals surface area contributed by atoms with E-state index in [1.165, 1.54) is 32.4 Å². The van der Waals surface area contributed by atoms with Crippen molar-refractivity contribution in [3.05, 3.63) is 46.1 Å². The van der Waals surface area contributed by atoms with Gasteiger partial charge < -0.3 is 29.2 Å². The summed E-state index contributed by atoms with van der Waals surface area (Å²) in [6.45, 7) is 3.66. The lowest BCUT2D eigenvalue weighted by molar-refractivity contribution is -0.137. The summed E-state index contributed by atoms with van der Waals surface area (Å²) in [6.07, 6.45) is -1.03. The molecular formula is C28H25FN2O10S2. The van der Waals surface area contributed by atoms with Crippen molar-refractivity contribution in [2.45, 2.75) is 25.7 Å². The number of rotatable bonds is 16. The van der Waals surface area contributed by atoms with E-state index in [1.807, 2.05) is 0 Å². The number of thiazole rings is 1. The quantitative estimate of drug-likeness (QED) is 0.123. The number of ether oxygens (including phenoxy) is 4. The Morgan fingerprint density at radius 1 is 0.860 bits per heavy atom. The van der Waals surface area contributed by atoms with Gasteiger partial charge in [0.25, 0.3) is 5.88 Å². The minimum Gasteiger partial charge on any atom is -0.493 e. The lowest BCUT2D eigenvalue weighted by atomic mass is 10.1. The third-order valence-corrected chi connectivity index (χ3v) is 8.04. The van der Waals surface area contributed by atoms with E-state index in [2.05, 4.69) is 16.5 Å². The van der Waals surface area contributed by atoms with Gasteiger partial charge in [-0.3, -0.25) is 19.2 Å². The molecule has 0 radical (unpaired) electrons. The number of carboxylic acid groups (broad SMARTS) is 2. The van der Waals surface area contributed by atoms with E-state index in [9.17, 15) is 19.2 Å². The summed E-state index contributed by atoms with van der Waals surface area (Å²) in [5, 5.41) is 17.9. The molecule has 3 aromatic heterocycles. The van der Waals surface area contributed by atoms with Gasteiger partial charge in [0, 0.05) is 35.1 Å². The van der Waals surface area contributed by atoms with Gasteiger partial charge in [0.05, 0.1) is 31.9 Å². The average molecular weight is 633 g/mol. The molecule has 0 atom stereocenters. The molecule has 0 spiro atoms. The van der Waals surface area contributed by atoms with Crippen LogP contribution in [0, 0.1) is 5.82 Å². The molecule has 15 heteroatoms. The first kappa shape index (κ1) is 31.3. The molecule has 0 aliphatic heterocycles. The van der Waals surface area contributed by atoms with Gasteiger partial charge in [-0.25, -0.2) is 9.37 Å². The van der Waals surface area contributed by atoms with Crippen molar-refractivity contribution in [1.29, 1.82) is 0 Å². The highest BCUT2D eigenvalue weighted by Gasteiger charge is 2.22. The van der Waals surface area contributed by atoms with Gasteiger partial charge in [-0.1, -0.05) is 17.9 Å². The third kappa shape index (κ3) is 7.42. The fourth-order valence-corrected chi connectivity index (χ4v) is 5.72. The number of ketones is 2. The van der Waals surface area contributed by atoms with Gasteiger partial charge in [0.15, 0.2) is 39.6 Å². The zero-order valence-electron chi connectivity index (χ0n) is 22.9. The summed E-state index contributed by atoms with van der Waals surface area (Å²) >= 11 is 2.04. The number of aromatic nitrogens is 2. The molecule has 226 valence electrons. The summed E-state index contributed by atoms with van der Waals surface area (Å²) in [6, 6.07) is 4.43. The van der Waals surface area contributed by atoms with Crippen molar-refractivity contribution in [2.75, 3.05) is 27.4 Å². The van der Waals surface area contributed by atoms with Crippen molar-refractivity contribution in [1.82, 2.24) is 9.97 Å². The van der Waals surface area contributed by atoms with Gasteiger partial charge in [0.2, 0.25) is 0 Å². The lowest BCUT2D eigenvalue weighted by Crippen LogP contribution is -2.10. The van der Waals surface area contributed by atoms with E-state index in [4.69, 9.17) is 29.2 Å².